The molecule has 1 heterocycles. The molecule has 27 heavy (non-hydrogen) atoms. The number of nitrogens with one attached hydrogen (secondary N) is 2. The highest BCUT2D eigenvalue weighted by molar-refractivity contribution is 7.20. The minimum atomic E-state index is -0.481. The first-order chi connectivity index (χ1) is 13.1. The number of halogens is 1. The van der Waals surface area contributed by atoms with Crippen LogP contribution in [-0.2, 0) is 4.79 Å². The number of carbonyl (C=O) groups excluding carboxylic acids is 2. The zero-order chi connectivity index (χ0) is 19.2. The first kappa shape index (κ1) is 19.1. The lowest BCUT2D eigenvalue weighted by molar-refractivity contribution is -0.119. The van der Waals surface area contributed by atoms with Gasteiger partial charge in [-0.05, 0) is 18.2 Å². The molecule has 0 saturated heterocycles. The molecule has 0 saturated carbocycles. The molecule has 0 fully saturated rings. The van der Waals surface area contributed by atoms with E-state index in [1.54, 1.807) is 13.2 Å². The van der Waals surface area contributed by atoms with Crippen LogP contribution in [0.2, 0.25) is 0 Å². The molecule has 0 radical (unpaired) electrons. The Labute approximate surface area is 165 Å². The van der Waals surface area contributed by atoms with Gasteiger partial charge in [0.05, 0.1) is 23.4 Å². The second-order valence-corrected chi connectivity index (χ2v) is 6.99. The third-order valence-corrected chi connectivity index (χ3v) is 5.20. The smallest absolute Gasteiger partial charge is 0.280 e. The third-order valence-electron chi connectivity index (χ3n) is 3.93. The number of thiazole rings is 1. The molecule has 1 atom stereocenters. The monoisotopic (exact) mass is 403 g/mol. The predicted octanol–water partition coefficient (Wildman–Crippen LogP) is 3.13. The number of hydrogen-bond acceptors (Lipinski definition) is 5. The van der Waals surface area contributed by atoms with Gasteiger partial charge in [-0.1, -0.05) is 30.3 Å². The van der Waals surface area contributed by atoms with E-state index >= 15 is 0 Å². The second kappa shape index (κ2) is 8.83. The summed E-state index contributed by atoms with van der Waals surface area (Å²) < 4.78 is 6.31. The Morgan fingerprint density at radius 2 is 1.93 bits per heavy atom. The Morgan fingerprint density at radius 3 is 2.67 bits per heavy atom. The summed E-state index contributed by atoms with van der Waals surface area (Å²) in [7, 11) is 1.55. The molecule has 140 valence electrons. The van der Waals surface area contributed by atoms with Crippen molar-refractivity contribution in [1.29, 1.82) is 0 Å². The summed E-state index contributed by atoms with van der Waals surface area (Å²) in [5, 5.41) is 6.02. The number of fused-ring (bicyclic) bond motifs is 1. The van der Waals surface area contributed by atoms with Crippen molar-refractivity contribution in [1.82, 2.24) is 15.6 Å². The minimum absolute atomic E-state index is 0.169. The van der Waals surface area contributed by atoms with Gasteiger partial charge in [0.25, 0.3) is 5.91 Å². The van der Waals surface area contributed by atoms with E-state index in [4.69, 9.17) is 16.3 Å². The number of rotatable bonds is 7. The van der Waals surface area contributed by atoms with E-state index in [1.165, 1.54) is 11.3 Å². The van der Waals surface area contributed by atoms with Crippen molar-refractivity contribution in [3.63, 3.8) is 0 Å². The number of ether oxygens (including phenoxy) is 1. The van der Waals surface area contributed by atoms with Crippen LogP contribution in [0.1, 0.15) is 21.4 Å². The quantitative estimate of drug-likeness (QED) is 0.594. The van der Waals surface area contributed by atoms with Gasteiger partial charge >= 0.3 is 0 Å². The highest BCUT2D eigenvalue weighted by Gasteiger charge is 2.20. The van der Waals surface area contributed by atoms with Gasteiger partial charge in [-0.2, -0.15) is 0 Å². The van der Waals surface area contributed by atoms with Gasteiger partial charge in [0.1, 0.15) is 11.6 Å². The van der Waals surface area contributed by atoms with Crippen LogP contribution in [0.5, 0.6) is 5.75 Å². The first-order valence-electron chi connectivity index (χ1n) is 8.24. The maximum atomic E-state index is 12.5. The summed E-state index contributed by atoms with van der Waals surface area (Å²) in [5.41, 5.74) is 1.53. The van der Waals surface area contributed by atoms with Gasteiger partial charge < -0.3 is 15.4 Å². The van der Waals surface area contributed by atoms with Gasteiger partial charge in [0.15, 0.2) is 5.01 Å². The van der Waals surface area contributed by atoms with Gasteiger partial charge in [0, 0.05) is 12.1 Å². The molecule has 0 aliphatic rings. The Bertz CT molecular complexity index is 927. The summed E-state index contributed by atoms with van der Waals surface area (Å²) in [5.74, 6) is -0.179. The van der Waals surface area contributed by atoms with Crippen LogP contribution in [0.25, 0.3) is 10.2 Å². The Kier molecular flexibility index (Phi) is 6.26. The number of carbonyl (C=O) groups is 2. The molecular formula is C19H18ClN3O3S. The van der Waals surface area contributed by atoms with Gasteiger partial charge in [-0.15, -0.1) is 22.9 Å². The topological polar surface area (TPSA) is 80.3 Å². The minimum Gasteiger partial charge on any atom is -0.496 e. The van der Waals surface area contributed by atoms with Gasteiger partial charge in [0.2, 0.25) is 5.91 Å². The Balaban J connectivity index is 1.77. The van der Waals surface area contributed by atoms with Crippen molar-refractivity contribution in [2.24, 2.45) is 0 Å². The highest BCUT2D eigenvalue weighted by atomic mass is 35.5. The lowest BCUT2D eigenvalue weighted by Crippen LogP contribution is -2.38. The van der Waals surface area contributed by atoms with E-state index in [-0.39, 0.29) is 24.2 Å². The Morgan fingerprint density at radius 1 is 1.19 bits per heavy atom. The molecule has 0 bridgehead atoms. The normalized spacial score (nSPS) is 11.8. The lowest BCUT2D eigenvalue weighted by Gasteiger charge is -2.21. The third kappa shape index (κ3) is 4.56. The zero-order valence-electron chi connectivity index (χ0n) is 14.6. The number of amides is 2. The SMILES string of the molecule is COc1ccccc1C(CNC(=O)c1nc2ccccc2s1)NC(=O)CCl. The van der Waals surface area contributed by atoms with Gasteiger partial charge in [-0.25, -0.2) is 4.98 Å². The predicted molar refractivity (Wildman–Crippen MR) is 107 cm³/mol. The molecule has 2 aromatic carbocycles. The van der Waals surface area contributed by atoms with Crippen molar-refractivity contribution in [2.75, 3.05) is 19.5 Å². The van der Waals surface area contributed by atoms with Crippen molar-refractivity contribution in [3.8, 4) is 5.75 Å². The number of para-hydroxylation sites is 2. The maximum absolute atomic E-state index is 12.5. The van der Waals surface area contributed by atoms with E-state index in [1.807, 2.05) is 42.5 Å². The maximum Gasteiger partial charge on any atom is 0.280 e. The van der Waals surface area contributed by atoms with Crippen molar-refractivity contribution < 1.29 is 14.3 Å². The van der Waals surface area contributed by atoms with Crippen LogP contribution >= 0.6 is 22.9 Å². The molecule has 1 unspecified atom stereocenters. The first-order valence-corrected chi connectivity index (χ1v) is 9.59. The number of aromatic nitrogens is 1. The standard InChI is InChI=1S/C19H18ClN3O3S/c1-26-15-8-4-2-6-12(15)14(22-17(24)10-20)11-21-18(25)19-23-13-7-3-5-9-16(13)27-19/h2-9,14H,10-11H2,1H3,(H,21,25)(H,22,24). The molecule has 8 heteroatoms. The summed E-state index contributed by atoms with van der Waals surface area (Å²) in [6, 6.07) is 14.4. The summed E-state index contributed by atoms with van der Waals surface area (Å²) in [4.78, 5) is 28.7. The number of hydrogen-bond donors (Lipinski definition) is 2. The number of alkyl halides is 1. The zero-order valence-corrected chi connectivity index (χ0v) is 16.1. The van der Waals surface area contributed by atoms with Gasteiger partial charge in [-0.3, -0.25) is 9.59 Å². The number of benzene rings is 2. The van der Waals surface area contributed by atoms with Crippen LogP contribution < -0.4 is 15.4 Å². The molecule has 1 aromatic heterocycles. The molecule has 0 spiro atoms. The Hall–Kier alpha value is -2.64. The summed E-state index contributed by atoms with van der Waals surface area (Å²) in [6.45, 7) is 0.178. The van der Waals surface area contributed by atoms with E-state index in [2.05, 4.69) is 15.6 Å². The van der Waals surface area contributed by atoms with Crippen LogP contribution in [-0.4, -0.2) is 36.3 Å². The van der Waals surface area contributed by atoms with Crippen LogP contribution in [0, 0.1) is 0 Å². The second-order valence-electron chi connectivity index (χ2n) is 5.69. The molecule has 2 N–H and O–H groups in total. The van der Waals surface area contributed by atoms with Crippen molar-refractivity contribution in [3.05, 3.63) is 59.1 Å². The molecule has 6 nitrogen and oxygen atoms in total. The lowest BCUT2D eigenvalue weighted by atomic mass is 10.1. The summed E-state index contributed by atoms with van der Waals surface area (Å²) in [6.07, 6.45) is 0. The van der Waals surface area contributed by atoms with E-state index in [0.717, 1.165) is 15.8 Å². The largest absolute Gasteiger partial charge is 0.496 e. The molecule has 3 rings (SSSR count). The molecule has 0 aliphatic heterocycles. The average molecular weight is 404 g/mol. The van der Waals surface area contributed by atoms with Crippen LogP contribution in [0.3, 0.4) is 0 Å². The highest BCUT2D eigenvalue weighted by Crippen LogP contribution is 2.25. The number of nitrogens with zero attached hydrogens (tertiary/aromatic N) is 1. The average Bonchev–Trinajstić information content (AvgIpc) is 3.15. The molecule has 2 amide bonds. The van der Waals surface area contributed by atoms with Crippen LogP contribution in [0.4, 0.5) is 0 Å². The van der Waals surface area contributed by atoms with Crippen molar-refractivity contribution >= 4 is 45.0 Å². The fourth-order valence-electron chi connectivity index (χ4n) is 2.67. The fourth-order valence-corrected chi connectivity index (χ4v) is 3.62. The summed E-state index contributed by atoms with van der Waals surface area (Å²) >= 11 is 6.94. The molecule has 0 aliphatic carbocycles. The van der Waals surface area contributed by atoms with E-state index in [9.17, 15) is 9.59 Å². The van der Waals surface area contributed by atoms with E-state index < -0.39 is 6.04 Å². The molecular weight excluding hydrogens is 386 g/mol. The number of methoxy groups -OCH3 is 1. The van der Waals surface area contributed by atoms with E-state index in [0.29, 0.717) is 10.8 Å². The fraction of sp³-hybridized carbons (Fsp3) is 0.211. The molecule has 3 aromatic rings. The van der Waals surface area contributed by atoms with Crippen LogP contribution in [0.15, 0.2) is 48.5 Å². The van der Waals surface area contributed by atoms with Crippen molar-refractivity contribution in [2.45, 2.75) is 6.04 Å².